The number of fused-ring (bicyclic) bond motifs is 2. The van der Waals surface area contributed by atoms with E-state index in [-0.39, 0.29) is 17.1 Å². The Balaban J connectivity index is 1.79. The summed E-state index contributed by atoms with van der Waals surface area (Å²) in [5.41, 5.74) is 4.01. The van der Waals surface area contributed by atoms with Crippen molar-refractivity contribution >= 4 is 38.5 Å². The first-order valence-corrected chi connectivity index (χ1v) is 12.1. The summed E-state index contributed by atoms with van der Waals surface area (Å²) < 4.78 is 18.1. The van der Waals surface area contributed by atoms with E-state index in [1.165, 1.54) is 0 Å². The number of nitrogens with zero attached hydrogens (tertiary/aromatic N) is 1. The predicted octanol–water partition coefficient (Wildman–Crippen LogP) is 6.33. The molecule has 0 N–H and O–H groups in total. The van der Waals surface area contributed by atoms with Crippen LogP contribution in [-0.2, 0) is 0 Å². The highest BCUT2D eigenvalue weighted by atomic mass is 79.9. The molecule has 1 aliphatic rings. The molecule has 1 amide bonds. The summed E-state index contributed by atoms with van der Waals surface area (Å²) in [5, 5.41) is 0.413. The largest absolute Gasteiger partial charge is 0.493 e. The molecular weight excluding hydrogens is 510 g/mol. The third-order valence-electron chi connectivity index (χ3n) is 6.40. The lowest BCUT2D eigenvalue weighted by atomic mass is 9.97. The highest BCUT2D eigenvalue weighted by Crippen LogP contribution is 2.43. The molecule has 7 heteroatoms. The maximum absolute atomic E-state index is 13.8. The molecule has 6 nitrogen and oxygen atoms in total. The van der Waals surface area contributed by atoms with Gasteiger partial charge in [0.2, 0.25) is 5.76 Å². The highest BCUT2D eigenvalue weighted by Gasteiger charge is 2.44. The molecule has 2 heterocycles. The Kier molecular flexibility index (Phi) is 5.89. The lowest BCUT2D eigenvalue weighted by molar-refractivity contribution is 0.0971. The van der Waals surface area contributed by atoms with Gasteiger partial charge in [0.25, 0.3) is 5.91 Å². The molecule has 5 rings (SSSR count). The number of benzene rings is 3. The minimum Gasteiger partial charge on any atom is -0.493 e. The highest BCUT2D eigenvalue weighted by molar-refractivity contribution is 9.10. The zero-order chi connectivity index (χ0) is 24.9. The van der Waals surface area contributed by atoms with Crippen molar-refractivity contribution in [1.29, 1.82) is 0 Å². The van der Waals surface area contributed by atoms with Gasteiger partial charge in [-0.1, -0.05) is 28.1 Å². The van der Waals surface area contributed by atoms with Crippen molar-refractivity contribution in [3.05, 3.63) is 97.3 Å². The molecule has 3 aromatic carbocycles. The first kappa shape index (κ1) is 23.2. The summed E-state index contributed by atoms with van der Waals surface area (Å²) in [6.45, 7) is 6.40. The number of aryl methyl sites for hydroxylation is 2. The lowest BCUT2D eigenvalue weighted by Gasteiger charge is -2.26. The smallest absolute Gasteiger partial charge is 0.295 e. The number of halogens is 1. The SMILES string of the molecule is CCOc1ccc(C2c3c(oc4ccc(Br)cc4c3=O)C(=O)N2c2ccc(C)c(C)c2)cc1OC. The average molecular weight is 534 g/mol. The second-order valence-electron chi connectivity index (χ2n) is 8.50. The van der Waals surface area contributed by atoms with Crippen LogP contribution in [0, 0.1) is 13.8 Å². The Morgan fingerprint density at radius 3 is 2.49 bits per heavy atom. The van der Waals surface area contributed by atoms with Crippen LogP contribution in [0.5, 0.6) is 11.5 Å². The van der Waals surface area contributed by atoms with Crippen molar-refractivity contribution < 1.29 is 18.7 Å². The number of rotatable bonds is 5. The zero-order valence-electron chi connectivity index (χ0n) is 19.8. The van der Waals surface area contributed by atoms with Gasteiger partial charge in [0, 0.05) is 10.2 Å². The van der Waals surface area contributed by atoms with Crippen LogP contribution in [0.4, 0.5) is 5.69 Å². The number of ether oxygens (including phenoxy) is 2. The lowest BCUT2D eigenvalue weighted by Crippen LogP contribution is -2.29. The maximum Gasteiger partial charge on any atom is 0.295 e. The van der Waals surface area contributed by atoms with Crippen molar-refractivity contribution in [3.8, 4) is 11.5 Å². The molecule has 0 radical (unpaired) electrons. The second-order valence-corrected chi connectivity index (χ2v) is 9.42. The third-order valence-corrected chi connectivity index (χ3v) is 6.90. The Hall–Kier alpha value is -3.58. The summed E-state index contributed by atoms with van der Waals surface area (Å²) in [4.78, 5) is 29.2. The first-order valence-electron chi connectivity index (χ1n) is 11.3. The molecule has 35 heavy (non-hydrogen) atoms. The van der Waals surface area contributed by atoms with Crippen molar-refractivity contribution in [3.63, 3.8) is 0 Å². The average Bonchev–Trinajstić information content (AvgIpc) is 3.14. The fourth-order valence-corrected chi connectivity index (χ4v) is 4.89. The monoisotopic (exact) mass is 533 g/mol. The number of hydrogen-bond donors (Lipinski definition) is 0. The van der Waals surface area contributed by atoms with Gasteiger partial charge < -0.3 is 13.9 Å². The predicted molar refractivity (Wildman–Crippen MR) is 139 cm³/mol. The zero-order valence-corrected chi connectivity index (χ0v) is 21.4. The van der Waals surface area contributed by atoms with Gasteiger partial charge in [-0.3, -0.25) is 14.5 Å². The van der Waals surface area contributed by atoms with Crippen LogP contribution in [0.3, 0.4) is 0 Å². The number of hydrogen-bond acceptors (Lipinski definition) is 5. The number of anilines is 1. The van der Waals surface area contributed by atoms with Gasteiger partial charge in [-0.15, -0.1) is 0 Å². The third kappa shape index (κ3) is 3.80. The Bertz CT molecular complexity index is 1540. The molecule has 0 spiro atoms. The van der Waals surface area contributed by atoms with Crippen molar-refractivity contribution in [2.24, 2.45) is 0 Å². The molecule has 0 bridgehead atoms. The summed E-state index contributed by atoms with van der Waals surface area (Å²) >= 11 is 3.44. The molecule has 1 aliphatic heterocycles. The van der Waals surface area contributed by atoms with Crippen molar-refractivity contribution in [2.45, 2.75) is 26.8 Å². The Morgan fingerprint density at radius 2 is 1.77 bits per heavy atom. The van der Waals surface area contributed by atoms with Crippen LogP contribution in [0.25, 0.3) is 11.0 Å². The summed E-state index contributed by atoms with van der Waals surface area (Å²) in [6, 6.07) is 15.8. The van der Waals surface area contributed by atoms with E-state index in [0.29, 0.717) is 40.3 Å². The quantitative estimate of drug-likeness (QED) is 0.299. The van der Waals surface area contributed by atoms with E-state index in [4.69, 9.17) is 13.9 Å². The van der Waals surface area contributed by atoms with E-state index in [9.17, 15) is 9.59 Å². The maximum atomic E-state index is 13.8. The number of amides is 1. The van der Waals surface area contributed by atoms with Crippen LogP contribution >= 0.6 is 15.9 Å². The Labute approximate surface area is 211 Å². The topological polar surface area (TPSA) is 69.0 Å². The van der Waals surface area contributed by atoms with Crippen molar-refractivity contribution in [2.75, 3.05) is 18.6 Å². The van der Waals surface area contributed by atoms with E-state index in [1.54, 1.807) is 36.3 Å². The van der Waals surface area contributed by atoms with Gasteiger partial charge in [0.1, 0.15) is 5.58 Å². The fourth-order valence-electron chi connectivity index (χ4n) is 4.53. The number of methoxy groups -OCH3 is 1. The van der Waals surface area contributed by atoms with Crippen LogP contribution in [0.15, 0.2) is 68.3 Å². The van der Waals surface area contributed by atoms with Gasteiger partial charge in [-0.2, -0.15) is 0 Å². The molecule has 1 aromatic heterocycles. The van der Waals surface area contributed by atoms with E-state index >= 15 is 0 Å². The summed E-state index contributed by atoms with van der Waals surface area (Å²) in [7, 11) is 1.57. The second kappa shape index (κ2) is 8.89. The Morgan fingerprint density at radius 1 is 0.971 bits per heavy atom. The molecule has 1 unspecified atom stereocenters. The summed E-state index contributed by atoms with van der Waals surface area (Å²) in [5.74, 6) is 0.817. The van der Waals surface area contributed by atoms with Gasteiger partial charge in [0.05, 0.1) is 30.7 Å². The van der Waals surface area contributed by atoms with E-state index in [0.717, 1.165) is 21.2 Å². The van der Waals surface area contributed by atoms with E-state index in [2.05, 4.69) is 15.9 Å². The number of carbonyl (C=O) groups is 1. The molecule has 0 aliphatic carbocycles. The van der Waals surface area contributed by atoms with Gasteiger partial charge in [-0.25, -0.2) is 0 Å². The van der Waals surface area contributed by atoms with E-state index in [1.807, 2.05) is 51.1 Å². The standard InChI is InChI=1S/C28H24BrNO5/c1-5-34-22-10-7-17(13-23(22)33-4)25-24-26(31)20-14-18(29)8-11-21(20)35-27(24)28(32)30(25)19-9-6-15(2)16(3)12-19/h6-14,25H,5H2,1-4H3. The van der Waals surface area contributed by atoms with Crippen LogP contribution < -0.4 is 19.8 Å². The first-order chi connectivity index (χ1) is 16.8. The molecular formula is C28H24BrNO5. The minimum atomic E-state index is -0.691. The molecule has 0 fully saturated rings. The fraction of sp³-hybridized carbons (Fsp3) is 0.214. The minimum absolute atomic E-state index is 0.0564. The molecule has 4 aromatic rings. The van der Waals surface area contributed by atoms with Gasteiger partial charge in [-0.05, 0) is 79.9 Å². The molecule has 1 atom stereocenters. The van der Waals surface area contributed by atoms with E-state index < -0.39 is 6.04 Å². The van der Waals surface area contributed by atoms with Crippen molar-refractivity contribution in [1.82, 2.24) is 0 Å². The summed E-state index contributed by atoms with van der Waals surface area (Å²) in [6.07, 6.45) is 0. The molecule has 178 valence electrons. The van der Waals surface area contributed by atoms with Crippen LogP contribution in [0.1, 0.15) is 45.8 Å². The van der Waals surface area contributed by atoms with Gasteiger partial charge >= 0.3 is 0 Å². The van der Waals surface area contributed by atoms with Crippen LogP contribution in [0.2, 0.25) is 0 Å². The molecule has 0 saturated carbocycles. The normalized spacial score (nSPS) is 14.9. The van der Waals surface area contributed by atoms with Gasteiger partial charge in [0.15, 0.2) is 16.9 Å². The number of carbonyl (C=O) groups excluding carboxylic acids is 1. The van der Waals surface area contributed by atoms with Crippen LogP contribution in [-0.4, -0.2) is 19.6 Å². The molecule has 0 saturated heterocycles.